The molecule has 1 aromatic rings. The highest BCUT2D eigenvalue weighted by Gasteiger charge is 2.13. The van der Waals surface area contributed by atoms with E-state index in [1.807, 2.05) is 31.2 Å². The fourth-order valence-corrected chi connectivity index (χ4v) is 2.35. The quantitative estimate of drug-likeness (QED) is 0.784. The van der Waals surface area contributed by atoms with Crippen molar-refractivity contribution in [2.45, 2.75) is 24.3 Å². The van der Waals surface area contributed by atoms with Gasteiger partial charge in [0.1, 0.15) is 5.75 Å². The summed E-state index contributed by atoms with van der Waals surface area (Å²) in [7, 11) is 3.45. The van der Waals surface area contributed by atoms with Crippen LogP contribution >= 0.6 is 24.2 Å². The van der Waals surface area contributed by atoms with Crippen LogP contribution in [0.15, 0.2) is 29.2 Å². The van der Waals surface area contributed by atoms with Crippen molar-refractivity contribution >= 4 is 30.1 Å². The molecule has 1 atom stereocenters. The number of hydrogen-bond acceptors (Lipinski definition) is 4. The standard InChI is InChI=1S/C14H22N2O2S.ClH/c1-11(10-15)16(2)14(17)8-9-19-13-6-4-12(18-3)5-7-13;/h4-7,11H,8-10,15H2,1-3H3;1H. The second kappa shape index (κ2) is 9.91. The van der Waals surface area contributed by atoms with Crippen LogP contribution < -0.4 is 10.5 Å². The van der Waals surface area contributed by atoms with Crippen LogP contribution in [0.4, 0.5) is 0 Å². The highest BCUT2D eigenvalue weighted by molar-refractivity contribution is 7.99. The van der Waals surface area contributed by atoms with Crippen LogP contribution in [-0.2, 0) is 4.79 Å². The topological polar surface area (TPSA) is 55.6 Å². The molecule has 0 saturated heterocycles. The molecule has 0 bridgehead atoms. The number of nitrogens with zero attached hydrogens (tertiary/aromatic N) is 1. The number of benzene rings is 1. The zero-order chi connectivity index (χ0) is 14.3. The smallest absolute Gasteiger partial charge is 0.223 e. The van der Waals surface area contributed by atoms with E-state index < -0.39 is 0 Å². The Morgan fingerprint density at radius 3 is 2.50 bits per heavy atom. The molecule has 1 rings (SSSR count). The molecule has 6 heteroatoms. The van der Waals surface area contributed by atoms with Crippen LogP contribution in [0.25, 0.3) is 0 Å². The van der Waals surface area contributed by atoms with E-state index in [1.54, 1.807) is 30.8 Å². The lowest BCUT2D eigenvalue weighted by molar-refractivity contribution is -0.131. The van der Waals surface area contributed by atoms with E-state index in [2.05, 4.69) is 0 Å². The van der Waals surface area contributed by atoms with E-state index in [0.717, 1.165) is 16.4 Å². The molecule has 0 aromatic heterocycles. The third-order valence-electron chi connectivity index (χ3n) is 3.04. The number of hydrogen-bond donors (Lipinski definition) is 1. The first-order valence-electron chi connectivity index (χ1n) is 6.31. The van der Waals surface area contributed by atoms with Crippen LogP contribution in [0.1, 0.15) is 13.3 Å². The highest BCUT2D eigenvalue weighted by atomic mass is 35.5. The SMILES string of the molecule is COc1ccc(SCCC(=O)N(C)C(C)CN)cc1.Cl. The van der Waals surface area contributed by atoms with E-state index >= 15 is 0 Å². The summed E-state index contributed by atoms with van der Waals surface area (Å²) in [5.74, 6) is 1.75. The first-order chi connectivity index (χ1) is 9.08. The lowest BCUT2D eigenvalue weighted by Gasteiger charge is -2.23. The highest BCUT2D eigenvalue weighted by Crippen LogP contribution is 2.22. The Kier molecular flexibility index (Phi) is 9.46. The maximum Gasteiger partial charge on any atom is 0.223 e. The lowest BCUT2D eigenvalue weighted by atomic mass is 10.3. The van der Waals surface area contributed by atoms with Crippen LogP contribution in [0.5, 0.6) is 5.75 Å². The van der Waals surface area contributed by atoms with Gasteiger partial charge in [-0.05, 0) is 31.2 Å². The fourth-order valence-electron chi connectivity index (χ4n) is 1.51. The maximum absolute atomic E-state index is 11.9. The number of methoxy groups -OCH3 is 1. The van der Waals surface area contributed by atoms with Gasteiger partial charge in [0, 0.05) is 36.7 Å². The van der Waals surface area contributed by atoms with Crippen molar-refractivity contribution in [3.05, 3.63) is 24.3 Å². The van der Waals surface area contributed by atoms with Gasteiger partial charge in [0.2, 0.25) is 5.91 Å². The van der Waals surface area contributed by atoms with Gasteiger partial charge in [-0.3, -0.25) is 4.79 Å². The van der Waals surface area contributed by atoms with E-state index in [0.29, 0.717) is 13.0 Å². The molecule has 114 valence electrons. The molecular weight excluding hydrogens is 296 g/mol. The number of likely N-dealkylation sites (N-methyl/N-ethyl adjacent to an activating group) is 1. The summed E-state index contributed by atoms with van der Waals surface area (Å²) >= 11 is 1.67. The van der Waals surface area contributed by atoms with Gasteiger partial charge in [-0.25, -0.2) is 0 Å². The van der Waals surface area contributed by atoms with Crippen molar-refractivity contribution in [3.63, 3.8) is 0 Å². The molecular formula is C14H23ClN2O2S. The molecule has 1 amide bonds. The molecule has 0 radical (unpaired) electrons. The molecule has 0 aliphatic carbocycles. The van der Waals surface area contributed by atoms with Gasteiger partial charge < -0.3 is 15.4 Å². The first-order valence-corrected chi connectivity index (χ1v) is 7.29. The Morgan fingerprint density at radius 1 is 1.40 bits per heavy atom. The van der Waals surface area contributed by atoms with E-state index in [-0.39, 0.29) is 24.4 Å². The minimum Gasteiger partial charge on any atom is -0.497 e. The van der Waals surface area contributed by atoms with Crippen LogP contribution in [0.2, 0.25) is 0 Å². The molecule has 1 unspecified atom stereocenters. The molecule has 0 fully saturated rings. The molecule has 0 heterocycles. The van der Waals surface area contributed by atoms with Crippen molar-refractivity contribution in [1.82, 2.24) is 4.90 Å². The average molecular weight is 319 g/mol. The molecule has 4 nitrogen and oxygen atoms in total. The van der Waals surface area contributed by atoms with E-state index in [4.69, 9.17) is 10.5 Å². The van der Waals surface area contributed by atoms with Crippen molar-refractivity contribution in [2.24, 2.45) is 5.73 Å². The van der Waals surface area contributed by atoms with Crippen LogP contribution in [0.3, 0.4) is 0 Å². The zero-order valence-electron chi connectivity index (χ0n) is 12.2. The Hall–Kier alpha value is -0.910. The predicted octanol–water partition coefficient (Wildman–Crippen LogP) is 2.40. The minimum absolute atomic E-state index is 0. The molecule has 0 spiro atoms. The van der Waals surface area contributed by atoms with Gasteiger partial charge in [-0.2, -0.15) is 0 Å². The summed E-state index contributed by atoms with van der Waals surface area (Å²) in [6.45, 7) is 2.45. The summed E-state index contributed by atoms with van der Waals surface area (Å²) < 4.78 is 5.10. The second-order valence-corrected chi connectivity index (χ2v) is 5.53. The van der Waals surface area contributed by atoms with Crippen molar-refractivity contribution < 1.29 is 9.53 Å². The van der Waals surface area contributed by atoms with Crippen LogP contribution in [0, 0.1) is 0 Å². The van der Waals surface area contributed by atoms with Gasteiger partial charge in [0.25, 0.3) is 0 Å². The molecule has 0 aliphatic rings. The van der Waals surface area contributed by atoms with Crippen molar-refractivity contribution in [3.8, 4) is 5.75 Å². The Morgan fingerprint density at radius 2 is 2.00 bits per heavy atom. The molecule has 1 aromatic carbocycles. The summed E-state index contributed by atoms with van der Waals surface area (Å²) in [5, 5.41) is 0. The minimum atomic E-state index is 0. The third-order valence-corrected chi connectivity index (χ3v) is 4.05. The summed E-state index contributed by atoms with van der Waals surface area (Å²) in [5.41, 5.74) is 5.55. The van der Waals surface area contributed by atoms with E-state index in [1.165, 1.54) is 0 Å². The van der Waals surface area contributed by atoms with Gasteiger partial charge in [0.05, 0.1) is 7.11 Å². The third kappa shape index (κ3) is 6.03. The lowest BCUT2D eigenvalue weighted by Crippen LogP contribution is -2.39. The van der Waals surface area contributed by atoms with Crippen molar-refractivity contribution in [1.29, 1.82) is 0 Å². The maximum atomic E-state index is 11.9. The van der Waals surface area contributed by atoms with Gasteiger partial charge in [0.15, 0.2) is 0 Å². The van der Waals surface area contributed by atoms with Gasteiger partial charge in [-0.15, -0.1) is 24.2 Å². The molecule has 0 aliphatic heterocycles. The second-order valence-electron chi connectivity index (χ2n) is 4.36. The average Bonchev–Trinajstić information content (AvgIpc) is 2.46. The number of halogens is 1. The first kappa shape index (κ1) is 19.1. The van der Waals surface area contributed by atoms with Gasteiger partial charge in [-0.1, -0.05) is 0 Å². The van der Waals surface area contributed by atoms with Crippen molar-refractivity contribution in [2.75, 3.05) is 26.5 Å². The number of carbonyl (C=O) groups excluding carboxylic acids is 1. The molecule has 2 N–H and O–H groups in total. The van der Waals surface area contributed by atoms with E-state index in [9.17, 15) is 4.79 Å². The Labute approximate surface area is 131 Å². The monoisotopic (exact) mass is 318 g/mol. The predicted molar refractivity (Wildman–Crippen MR) is 86.9 cm³/mol. The number of ether oxygens (including phenoxy) is 1. The summed E-state index contributed by atoms with van der Waals surface area (Å²) in [6, 6.07) is 7.94. The molecule has 0 saturated carbocycles. The number of thioether (sulfide) groups is 1. The number of carbonyl (C=O) groups is 1. The summed E-state index contributed by atoms with van der Waals surface area (Å²) in [6.07, 6.45) is 0.525. The Balaban J connectivity index is 0.00000361. The summed E-state index contributed by atoms with van der Waals surface area (Å²) in [4.78, 5) is 14.7. The number of nitrogens with two attached hydrogens (primary N) is 1. The number of amides is 1. The van der Waals surface area contributed by atoms with Gasteiger partial charge >= 0.3 is 0 Å². The fraction of sp³-hybridized carbons (Fsp3) is 0.500. The number of rotatable bonds is 7. The molecule has 20 heavy (non-hydrogen) atoms. The Bertz CT molecular complexity index is 401. The largest absolute Gasteiger partial charge is 0.497 e. The zero-order valence-corrected chi connectivity index (χ0v) is 13.8. The van der Waals surface area contributed by atoms with Crippen LogP contribution in [-0.4, -0.2) is 43.3 Å². The normalized spacial score (nSPS) is 11.4.